The minimum absolute atomic E-state index is 0.0184. The molecule has 1 saturated heterocycles. The third kappa shape index (κ3) is 1.56. The molecule has 0 spiro atoms. The van der Waals surface area contributed by atoms with E-state index in [0.717, 1.165) is 4.32 Å². The molecule has 0 aromatic rings. The van der Waals surface area contributed by atoms with Crippen LogP contribution in [0.3, 0.4) is 0 Å². The second-order valence-corrected chi connectivity index (χ2v) is 4.80. The van der Waals surface area contributed by atoms with Crippen LogP contribution in [0.4, 0.5) is 0 Å². The van der Waals surface area contributed by atoms with Crippen molar-refractivity contribution in [3.8, 4) is 0 Å². The van der Waals surface area contributed by atoms with Gasteiger partial charge in [-0.3, -0.25) is 9.69 Å². The first kappa shape index (κ1) is 9.00. The second kappa shape index (κ2) is 3.11. The lowest BCUT2D eigenvalue weighted by atomic mass is 10.3. The van der Waals surface area contributed by atoms with Crippen molar-refractivity contribution >= 4 is 34.2 Å². The highest BCUT2D eigenvalue weighted by Crippen LogP contribution is 2.28. The molecule has 1 aliphatic rings. The third-order valence-corrected chi connectivity index (χ3v) is 3.01. The van der Waals surface area contributed by atoms with Gasteiger partial charge in [-0.2, -0.15) is 0 Å². The maximum Gasteiger partial charge on any atom is 0.241 e. The molecule has 2 nitrogen and oxygen atoms in total. The van der Waals surface area contributed by atoms with Gasteiger partial charge in [0.2, 0.25) is 5.91 Å². The third-order valence-electron chi connectivity index (χ3n) is 1.58. The molecule has 0 N–H and O–H groups in total. The van der Waals surface area contributed by atoms with Crippen LogP contribution in [0, 0.1) is 0 Å². The normalized spacial score (nSPS) is 25.5. The van der Waals surface area contributed by atoms with E-state index in [0.29, 0.717) is 0 Å². The molecular formula is C7H11NOS2. The molecular weight excluding hydrogens is 178 g/mol. The van der Waals surface area contributed by atoms with E-state index < -0.39 is 0 Å². The number of thioether (sulfide) groups is 1. The number of hydrogen-bond donors (Lipinski definition) is 0. The average Bonchev–Trinajstić information content (AvgIpc) is 2.07. The molecule has 4 heteroatoms. The van der Waals surface area contributed by atoms with Crippen LogP contribution in [0.5, 0.6) is 0 Å². The molecule has 0 radical (unpaired) electrons. The maximum absolute atomic E-state index is 11.4. The van der Waals surface area contributed by atoms with Gasteiger partial charge in [0.25, 0.3) is 0 Å². The van der Waals surface area contributed by atoms with Gasteiger partial charge in [0.1, 0.15) is 4.32 Å². The van der Waals surface area contributed by atoms with Crippen LogP contribution < -0.4 is 0 Å². The molecule has 0 bridgehead atoms. The van der Waals surface area contributed by atoms with Crippen molar-refractivity contribution in [2.75, 3.05) is 0 Å². The lowest BCUT2D eigenvalue weighted by Crippen LogP contribution is -2.36. The van der Waals surface area contributed by atoms with Gasteiger partial charge in [-0.1, -0.05) is 24.0 Å². The number of thiocarbonyl (C=S) groups is 1. The van der Waals surface area contributed by atoms with E-state index in [9.17, 15) is 4.79 Å². The Morgan fingerprint density at radius 3 is 2.36 bits per heavy atom. The van der Waals surface area contributed by atoms with Crippen molar-refractivity contribution in [1.29, 1.82) is 0 Å². The maximum atomic E-state index is 11.4. The predicted molar refractivity (Wildman–Crippen MR) is 51.6 cm³/mol. The molecule has 1 unspecified atom stereocenters. The van der Waals surface area contributed by atoms with Crippen LogP contribution in [-0.4, -0.2) is 26.4 Å². The first-order chi connectivity index (χ1) is 5.04. The number of carbonyl (C=O) groups excluding carboxylic acids is 1. The number of carbonyl (C=O) groups is 1. The van der Waals surface area contributed by atoms with E-state index in [1.165, 1.54) is 11.8 Å². The summed E-state index contributed by atoms with van der Waals surface area (Å²) in [4.78, 5) is 13.1. The largest absolute Gasteiger partial charge is 0.294 e. The summed E-state index contributed by atoms with van der Waals surface area (Å²) in [5.74, 6) is 0.148. The van der Waals surface area contributed by atoms with Crippen molar-refractivity contribution < 1.29 is 4.79 Å². The monoisotopic (exact) mass is 189 g/mol. The van der Waals surface area contributed by atoms with Crippen molar-refractivity contribution in [1.82, 2.24) is 4.90 Å². The van der Waals surface area contributed by atoms with Crippen LogP contribution in [0.2, 0.25) is 0 Å². The first-order valence-corrected chi connectivity index (χ1v) is 4.86. The molecule has 1 fully saturated rings. The van der Waals surface area contributed by atoms with Crippen LogP contribution >= 0.6 is 24.0 Å². The Hall–Kier alpha value is -0.0900. The van der Waals surface area contributed by atoms with Crippen LogP contribution in [0.15, 0.2) is 0 Å². The van der Waals surface area contributed by atoms with Gasteiger partial charge in [0.15, 0.2) is 0 Å². The summed E-state index contributed by atoms with van der Waals surface area (Å²) in [7, 11) is 0. The van der Waals surface area contributed by atoms with Crippen LogP contribution in [0.1, 0.15) is 20.8 Å². The summed E-state index contributed by atoms with van der Waals surface area (Å²) >= 11 is 6.51. The summed E-state index contributed by atoms with van der Waals surface area (Å²) in [6.45, 7) is 5.84. The Kier molecular flexibility index (Phi) is 2.54. The van der Waals surface area contributed by atoms with Crippen LogP contribution in [-0.2, 0) is 4.79 Å². The summed E-state index contributed by atoms with van der Waals surface area (Å²) in [6.07, 6.45) is 0. The van der Waals surface area contributed by atoms with E-state index in [1.807, 2.05) is 20.8 Å². The molecule has 1 heterocycles. The van der Waals surface area contributed by atoms with Crippen molar-refractivity contribution in [2.45, 2.75) is 32.1 Å². The Bertz CT molecular complexity index is 203. The molecule has 1 amide bonds. The molecule has 0 aliphatic carbocycles. The highest BCUT2D eigenvalue weighted by molar-refractivity contribution is 8.24. The van der Waals surface area contributed by atoms with Crippen molar-refractivity contribution in [3.05, 3.63) is 0 Å². The van der Waals surface area contributed by atoms with Gasteiger partial charge in [-0.05, 0) is 20.8 Å². The van der Waals surface area contributed by atoms with Crippen molar-refractivity contribution in [2.24, 2.45) is 0 Å². The van der Waals surface area contributed by atoms with Gasteiger partial charge in [0.05, 0.1) is 5.25 Å². The number of hydrogen-bond acceptors (Lipinski definition) is 3. The minimum atomic E-state index is 0.0184. The Labute approximate surface area is 76.3 Å². The van der Waals surface area contributed by atoms with E-state index in [-0.39, 0.29) is 17.2 Å². The lowest BCUT2D eigenvalue weighted by molar-refractivity contribution is -0.126. The lowest BCUT2D eigenvalue weighted by Gasteiger charge is -2.19. The minimum Gasteiger partial charge on any atom is -0.294 e. The predicted octanol–water partition coefficient (Wildman–Crippen LogP) is 1.64. The number of nitrogens with zero attached hydrogens (tertiary/aromatic N) is 1. The average molecular weight is 189 g/mol. The fourth-order valence-electron chi connectivity index (χ4n) is 1.01. The SMILES string of the molecule is CC1SC(=S)N(C(C)C)C1=O. The van der Waals surface area contributed by atoms with Gasteiger partial charge in [-0.15, -0.1) is 0 Å². The topological polar surface area (TPSA) is 20.3 Å². The Balaban J connectivity index is 2.80. The first-order valence-electron chi connectivity index (χ1n) is 3.57. The van der Waals surface area contributed by atoms with E-state index in [1.54, 1.807) is 4.90 Å². The smallest absolute Gasteiger partial charge is 0.241 e. The summed E-state index contributed by atoms with van der Waals surface area (Å²) in [5.41, 5.74) is 0. The van der Waals surface area contributed by atoms with E-state index in [4.69, 9.17) is 12.2 Å². The molecule has 1 aliphatic heterocycles. The van der Waals surface area contributed by atoms with E-state index in [2.05, 4.69) is 0 Å². The summed E-state index contributed by atoms with van der Waals surface area (Å²) < 4.78 is 0.720. The highest BCUT2D eigenvalue weighted by Gasteiger charge is 2.34. The van der Waals surface area contributed by atoms with Gasteiger partial charge < -0.3 is 0 Å². The van der Waals surface area contributed by atoms with E-state index >= 15 is 0 Å². The molecule has 1 atom stereocenters. The van der Waals surface area contributed by atoms with Crippen molar-refractivity contribution in [3.63, 3.8) is 0 Å². The summed E-state index contributed by atoms with van der Waals surface area (Å²) in [6, 6.07) is 0.201. The fourth-order valence-corrected chi connectivity index (χ4v) is 2.67. The zero-order valence-electron chi connectivity index (χ0n) is 6.83. The standard InChI is InChI=1S/C7H11NOS2/c1-4(2)8-6(9)5(3)11-7(8)10/h4-5H,1-3H3. The molecule has 0 aromatic heterocycles. The zero-order chi connectivity index (χ0) is 8.59. The molecule has 11 heavy (non-hydrogen) atoms. The molecule has 1 rings (SSSR count). The Morgan fingerprint density at radius 1 is 1.64 bits per heavy atom. The molecule has 0 saturated carbocycles. The highest BCUT2D eigenvalue weighted by atomic mass is 32.2. The quantitative estimate of drug-likeness (QED) is 0.585. The number of rotatable bonds is 1. The Morgan fingerprint density at radius 2 is 2.18 bits per heavy atom. The van der Waals surface area contributed by atoms with Gasteiger partial charge in [0, 0.05) is 6.04 Å². The fraction of sp³-hybridized carbons (Fsp3) is 0.714. The van der Waals surface area contributed by atoms with Gasteiger partial charge >= 0.3 is 0 Å². The molecule has 62 valence electrons. The second-order valence-electron chi connectivity index (χ2n) is 2.83. The number of amides is 1. The molecule has 0 aromatic carbocycles. The van der Waals surface area contributed by atoms with Crippen LogP contribution in [0.25, 0.3) is 0 Å². The van der Waals surface area contributed by atoms with Gasteiger partial charge in [-0.25, -0.2) is 0 Å². The zero-order valence-corrected chi connectivity index (χ0v) is 8.46. The summed E-state index contributed by atoms with van der Waals surface area (Å²) in [5, 5.41) is 0.0184.